The first-order valence-corrected chi connectivity index (χ1v) is 8.94. The van der Waals surface area contributed by atoms with Crippen LogP contribution in [0.4, 0.5) is 0 Å². The van der Waals surface area contributed by atoms with E-state index in [1.807, 2.05) is 30.5 Å². The molecule has 3 aromatic rings. The van der Waals surface area contributed by atoms with E-state index in [1.54, 1.807) is 6.08 Å². The van der Waals surface area contributed by atoms with Crippen molar-refractivity contribution in [2.45, 2.75) is 13.5 Å². The Morgan fingerprint density at radius 2 is 1.67 bits per heavy atom. The zero-order chi connectivity index (χ0) is 19.0. The lowest BCUT2D eigenvalue weighted by Crippen LogP contribution is -2.51. The molecule has 134 valence electrons. The second kappa shape index (κ2) is 6.81. The fraction of sp³-hybridized carbons (Fsp3) is 0.0952. The molecule has 1 aliphatic rings. The minimum absolute atomic E-state index is 0.0314. The lowest BCUT2D eigenvalue weighted by molar-refractivity contribution is -0.123. The Kier molecular flexibility index (Phi) is 4.33. The van der Waals surface area contributed by atoms with Crippen LogP contribution in [0.5, 0.6) is 0 Å². The molecule has 1 fully saturated rings. The van der Waals surface area contributed by atoms with Crippen LogP contribution in [0.25, 0.3) is 17.0 Å². The summed E-state index contributed by atoms with van der Waals surface area (Å²) >= 11 is 4.85. The van der Waals surface area contributed by atoms with E-state index in [0.29, 0.717) is 6.54 Å². The van der Waals surface area contributed by atoms with E-state index >= 15 is 0 Å². The predicted octanol–water partition coefficient (Wildman–Crippen LogP) is 2.91. The number of thiocarbonyl (C=S) groups is 1. The predicted molar refractivity (Wildman–Crippen MR) is 109 cm³/mol. The van der Waals surface area contributed by atoms with Gasteiger partial charge in [-0.05, 0) is 36.8 Å². The number of carbonyl (C=O) groups is 2. The highest BCUT2D eigenvalue weighted by Crippen LogP contribution is 2.25. The SMILES string of the molecule is Cc1ccc(Cn2cc(C=C3C(=O)NC(=S)NC3=O)c3ccccc32)cc1. The number of hydrogen-bond donors (Lipinski definition) is 2. The average Bonchev–Trinajstić information content (AvgIpc) is 2.98. The van der Waals surface area contributed by atoms with Crippen LogP contribution >= 0.6 is 12.2 Å². The van der Waals surface area contributed by atoms with Crippen LogP contribution < -0.4 is 10.6 Å². The van der Waals surface area contributed by atoms with Gasteiger partial charge in [-0.1, -0.05) is 48.0 Å². The standard InChI is InChI=1S/C21H17N3O2S/c1-13-6-8-14(9-7-13)11-24-12-15(16-4-2-3-5-18(16)24)10-17-19(25)22-21(27)23-20(17)26/h2-10,12H,11H2,1H3,(H2,22,23,25,26,27). The lowest BCUT2D eigenvalue weighted by Gasteiger charge is -2.16. The number of aryl methyl sites for hydroxylation is 1. The molecule has 2 aromatic carbocycles. The zero-order valence-corrected chi connectivity index (χ0v) is 15.5. The number of fused-ring (bicyclic) bond motifs is 1. The first-order valence-electron chi connectivity index (χ1n) is 8.53. The van der Waals surface area contributed by atoms with Gasteiger partial charge in [0, 0.05) is 29.2 Å². The molecular formula is C21H17N3O2S. The Hall–Kier alpha value is -3.25. The molecule has 1 aromatic heterocycles. The van der Waals surface area contributed by atoms with Crippen molar-refractivity contribution in [2.75, 3.05) is 0 Å². The zero-order valence-electron chi connectivity index (χ0n) is 14.7. The summed E-state index contributed by atoms with van der Waals surface area (Å²) in [6, 6.07) is 16.3. The van der Waals surface area contributed by atoms with E-state index in [4.69, 9.17) is 12.2 Å². The summed E-state index contributed by atoms with van der Waals surface area (Å²) in [6.45, 7) is 2.76. The van der Waals surface area contributed by atoms with Gasteiger partial charge < -0.3 is 4.57 Å². The van der Waals surface area contributed by atoms with Gasteiger partial charge in [-0.2, -0.15) is 0 Å². The number of carbonyl (C=O) groups excluding carboxylic acids is 2. The molecule has 0 unspecified atom stereocenters. The molecule has 5 nitrogen and oxygen atoms in total. The van der Waals surface area contributed by atoms with E-state index in [9.17, 15) is 9.59 Å². The first kappa shape index (κ1) is 17.2. The maximum Gasteiger partial charge on any atom is 0.263 e. The van der Waals surface area contributed by atoms with Gasteiger partial charge in [0.15, 0.2) is 5.11 Å². The molecule has 27 heavy (non-hydrogen) atoms. The van der Waals surface area contributed by atoms with Crippen molar-refractivity contribution in [3.8, 4) is 0 Å². The maximum absolute atomic E-state index is 12.2. The summed E-state index contributed by atoms with van der Waals surface area (Å²) in [5, 5.41) is 5.94. The lowest BCUT2D eigenvalue weighted by atomic mass is 10.1. The molecule has 6 heteroatoms. The maximum atomic E-state index is 12.2. The Balaban J connectivity index is 1.77. The molecule has 0 spiro atoms. The Bertz CT molecular complexity index is 1090. The Labute approximate surface area is 161 Å². The molecule has 1 aliphatic heterocycles. The topological polar surface area (TPSA) is 63.1 Å². The van der Waals surface area contributed by atoms with E-state index in [0.717, 1.165) is 16.5 Å². The van der Waals surface area contributed by atoms with Gasteiger partial charge in [0.05, 0.1) is 0 Å². The van der Waals surface area contributed by atoms with Crippen LogP contribution in [-0.2, 0) is 16.1 Å². The van der Waals surface area contributed by atoms with E-state index in [1.165, 1.54) is 11.1 Å². The molecule has 0 saturated carbocycles. The van der Waals surface area contributed by atoms with Crippen LogP contribution in [0.2, 0.25) is 0 Å². The summed E-state index contributed by atoms with van der Waals surface area (Å²) in [7, 11) is 0. The van der Waals surface area contributed by atoms with E-state index < -0.39 is 11.8 Å². The summed E-state index contributed by atoms with van der Waals surface area (Å²) in [6.07, 6.45) is 3.57. The summed E-state index contributed by atoms with van der Waals surface area (Å²) in [4.78, 5) is 24.3. The van der Waals surface area contributed by atoms with Crippen molar-refractivity contribution in [3.63, 3.8) is 0 Å². The fourth-order valence-electron chi connectivity index (χ4n) is 3.17. The minimum atomic E-state index is -0.487. The van der Waals surface area contributed by atoms with Crippen LogP contribution in [0.1, 0.15) is 16.7 Å². The summed E-state index contributed by atoms with van der Waals surface area (Å²) < 4.78 is 2.12. The molecule has 2 heterocycles. The van der Waals surface area contributed by atoms with Gasteiger partial charge in [-0.3, -0.25) is 20.2 Å². The van der Waals surface area contributed by atoms with Crippen molar-refractivity contribution in [3.05, 3.63) is 77.0 Å². The first-order chi connectivity index (χ1) is 13.0. The Morgan fingerprint density at radius 3 is 2.37 bits per heavy atom. The number of nitrogens with zero attached hydrogens (tertiary/aromatic N) is 1. The van der Waals surface area contributed by atoms with Crippen LogP contribution in [-0.4, -0.2) is 21.5 Å². The molecule has 1 saturated heterocycles. The number of rotatable bonds is 3. The smallest absolute Gasteiger partial charge is 0.263 e. The van der Waals surface area contributed by atoms with Crippen LogP contribution in [0.15, 0.2) is 60.3 Å². The van der Waals surface area contributed by atoms with Gasteiger partial charge in [-0.25, -0.2) is 0 Å². The number of hydrogen-bond acceptors (Lipinski definition) is 3. The summed E-state index contributed by atoms with van der Waals surface area (Å²) in [5.74, 6) is -0.974. The molecule has 2 N–H and O–H groups in total. The third kappa shape index (κ3) is 3.39. The Morgan fingerprint density at radius 1 is 1.00 bits per heavy atom. The number of aromatic nitrogens is 1. The minimum Gasteiger partial charge on any atom is -0.342 e. The van der Waals surface area contributed by atoms with Gasteiger partial charge in [0.2, 0.25) is 0 Å². The van der Waals surface area contributed by atoms with Crippen LogP contribution in [0, 0.1) is 6.92 Å². The number of amides is 2. The highest BCUT2D eigenvalue weighted by Gasteiger charge is 2.26. The van der Waals surface area contributed by atoms with Crippen molar-refractivity contribution in [1.82, 2.24) is 15.2 Å². The third-order valence-corrected chi connectivity index (χ3v) is 4.74. The van der Waals surface area contributed by atoms with Crippen LogP contribution in [0.3, 0.4) is 0 Å². The average molecular weight is 375 g/mol. The van der Waals surface area contributed by atoms with Crippen molar-refractivity contribution in [2.24, 2.45) is 0 Å². The molecule has 4 rings (SSSR count). The monoisotopic (exact) mass is 375 g/mol. The van der Waals surface area contributed by atoms with E-state index in [2.05, 4.69) is 46.4 Å². The molecule has 0 atom stereocenters. The second-order valence-corrected chi connectivity index (χ2v) is 6.92. The fourth-order valence-corrected chi connectivity index (χ4v) is 3.36. The number of nitrogens with one attached hydrogen (secondary N) is 2. The quantitative estimate of drug-likeness (QED) is 0.420. The van der Waals surface area contributed by atoms with E-state index in [-0.39, 0.29) is 10.7 Å². The van der Waals surface area contributed by atoms with Crippen molar-refractivity contribution in [1.29, 1.82) is 0 Å². The molecule has 2 amide bonds. The van der Waals surface area contributed by atoms with Gasteiger partial charge >= 0.3 is 0 Å². The van der Waals surface area contributed by atoms with Crippen molar-refractivity contribution < 1.29 is 9.59 Å². The second-order valence-electron chi connectivity index (χ2n) is 6.51. The normalized spacial score (nSPS) is 14.3. The highest BCUT2D eigenvalue weighted by molar-refractivity contribution is 7.80. The molecule has 0 aliphatic carbocycles. The van der Waals surface area contributed by atoms with Gasteiger partial charge in [0.25, 0.3) is 11.8 Å². The largest absolute Gasteiger partial charge is 0.342 e. The molecular weight excluding hydrogens is 358 g/mol. The number of para-hydroxylation sites is 1. The van der Waals surface area contributed by atoms with Gasteiger partial charge in [-0.15, -0.1) is 0 Å². The third-order valence-electron chi connectivity index (χ3n) is 4.54. The molecule has 0 radical (unpaired) electrons. The van der Waals surface area contributed by atoms with Gasteiger partial charge in [0.1, 0.15) is 5.57 Å². The molecule has 0 bridgehead atoms. The summed E-state index contributed by atoms with van der Waals surface area (Å²) in [5.41, 5.74) is 4.29. The van der Waals surface area contributed by atoms with Crippen molar-refractivity contribution >= 4 is 46.1 Å². The number of benzene rings is 2. The highest BCUT2D eigenvalue weighted by atomic mass is 32.1.